The Hall–Kier alpha value is -2.10. The highest BCUT2D eigenvalue weighted by molar-refractivity contribution is 5.85. The first-order valence-corrected chi connectivity index (χ1v) is 10.5. The summed E-state index contributed by atoms with van der Waals surface area (Å²) in [5.74, 6) is -0.790. The standard InChI is InChI=1S/C25H29NO2.ClH/c1-18-8-9-20-11-10-19-5-2-3-6-22(19)23(24(20)17-18)7-4-14-26-15-12-21(13-16-26)25(27)28;/h2-3,5-9,17,21H,4,10-16H2,1H3,(H,27,28);1H. The SMILES string of the molecule is Cc1ccc2c(c1)C(=CCCN1CCC(C(=O)O)CC1)c1ccccc1CC2.Cl. The van der Waals surface area contributed by atoms with E-state index in [4.69, 9.17) is 0 Å². The van der Waals surface area contributed by atoms with E-state index in [2.05, 4.69) is 60.4 Å². The molecule has 1 aliphatic heterocycles. The Balaban J connectivity index is 0.00000240. The van der Waals surface area contributed by atoms with Crippen molar-refractivity contribution in [3.05, 3.63) is 76.4 Å². The Kier molecular flexibility index (Phi) is 7.15. The smallest absolute Gasteiger partial charge is 0.306 e. The lowest BCUT2D eigenvalue weighted by atomic mass is 9.92. The van der Waals surface area contributed by atoms with E-state index >= 15 is 0 Å². The van der Waals surface area contributed by atoms with Crippen LogP contribution >= 0.6 is 12.4 Å². The molecule has 1 saturated heterocycles. The third-order valence-corrected chi connectivity index (χ3v) is 6.26. The highest BCUT2D eigenvalue weighted by Gasteiger charge is 2.24. The zero-order chi connectivity index (χ0) is 19.5. The summed E-state index contributed by atoms with van der Waals surface area (Å²) >= 11 is 0. The van der Waals surface area contributed by atoms with Gasteiger partial charge < -0.3 is 10.0 Å². The number of benzene rings is 2. The topological polar surface area (TPSA) is 40.5 Å². The van der Waals surface area contributed by atoms with Gasteiger partial charge in [0.25, 0.3) is 0 Å². The summed E-state index contributed by atoms with van der Waals surface area (Å²) in [4.78, 5) is 13.6. The van der Waals surface area contributed by atoms with E-state index in [0.717, 1.165) is 51.7 Å². The summed E-state index contributed by atoms with van der Waals surface area (Å²) in [6, 6.07) is 15.7. The largest absolute Gasteiger partial charge is 0.481 e. The number of carboxylic acids is 1. The van der Waals surface area contributed by atoms with Crippen LogP contribution in [-0.2, 0) is 17.6 Å². The van der Waals surface area contributed by atoms with E-state index in [1.54, 1.807) is 0 Å². The molecular weight excluding hydrogens is 382 g/mol. The highest BCUT2D eigenvalue weighted by atomic mass is 35.5. The maximum Gasteiger partial charge on any atom is 0.306 e. The van der Waals surface area contributed by atoms with Gasteiger partial charge in [0.2, 0.25) is 0 Å². The van der Waals surface area contributed by atoms with Crippen LogP contribution in [0.1, 0.15) is 47.1 Å². The van der Waals surface area contributed by atoms with Crippen molar-refractivity contribution in [1.82, 2.24) is 4.90 Å². The summed E-state index contributed by atoms with van der Waals surface area (Å²) in [7, 11) is 0. The van der Waals surface area contributed by atoms with Gasteiger partial charge in [0.1, 0.15) is 0 Å². The molecule has 0 spiro atoms. The number of likely N-dealkylation sites (tertiary alicyclic amines) is 1. The van der Waals surface area contributed by atoms with Gasteiger partial charge in [-0.05, 0) is 79.9 Å². The number of aliphatic carboxylic acids is 1. The van der Waals surface area contributed by atoms with E-state index < -0.39 is 5.97 Å². The second kappa shape index (κ2) is 9.60. The van der Waals surface area contributed by atoms with Gasteiger partial charge >= 0.3 is 5.97 Å². The minimum Gasteiger partial charge on any atom is -0.481 e. The second-order valence-corrected chi connectivity index (χ2v) is 8.18. The molecule has 0 unspecified atom stereocenters. The lowest BCUT2D eigenvalue weighted by Crippen LogP contribution is -2.36. The summed E-state index contributed by atoms with van der Waals surface area (Å²) in [6.07, 6.45) is 7.13. The lowest BCUT2D eigenvalue weighted by molar-refractivity contribution is -0.143. The van der Waals surface area contributed by atoms with Crippen molar-refractivity contribution in [1.29, 1.82) is 0 Å². The van der Waals surface area contributed by atoms with Gasteiger partial charge in [0, 0.05) is 6.54 Å². The number of aryl methyl sites for hydroxylation is 3. The average molecular weight is 412 g/mol. The van der Waals surface area contributed by atoms with Crippen LogP contribution in [0.3, 0.4) is 0 Å². The first-order chi connectivity index (χ1) is 13.6. The molecule has 0 aromatic heterocycles. The van der Waals surface area contributed by atoms with Crippen molar-refractivity contribution < 1.29 is 9.90 Å². The molecule has 154 valence electrons. The molecule has 0 saturated carbocycles. The Bertz CT molecular complexity index is 897. The number of carboxylic acid groups (broad SMARTS) is 1. The minimum atomic E-state index is -0.635. The first kappa shape index (κ1) is 21.6. The monoisotopic (exact) mass is 411 g/mol. The predicted octanol–water partition coefficient (Wildman–Crippen LogP) is 5.13. The number of hydrogen-bond donors (Lipinski definition) is 1. The molecule has 0 amide bonds. The fourth-order valence-electron chi connectivity index (χ4n) is 4.59. The van der Waals surface area contributed by atoms with Gasteiger partial charge in [-0.15, -0.1) is 12.4 Å². The van der Waals surface area contributed by atoms with E-state index in [0.29, 0.717) is 0 Å². The lowest BCUT2D eigenvalue weighted by Gasteiger charge is -2.29. The number of piperidine rings is 1. The van der Waals surface area contributed by atoms with Crippen LogP contribution < -0.4 is 0 Å². The number of nitrogens with zero attached hydrogens (tertiary/aromatic N) is 1. The Morgan fingerprint density at radius 2 is 1.76 bits per heavy atom. The molecule has 4 rings (SSSR count). The highest BCUT2D eigenvalue weighted by Crippen LogP contribution is 2.34. The van der Waals surface area contributed by atoms with Crippen molar-refractivity contribution in [2.45, 2.75) is 39.0 Å². The Morgan fingerprint density at radius 1 is 1.07 bits per heavy atom. The van der Waals surface area contributed by atoms with Crippen LogP contribution in [0.15, 0.2) is 48.5 Å². The van der Waals surface area contributed by atoms with Gasteiger partial charge in [0.15, 0.2) is 0 Å². The number of carbonyl (C=O) groups is 1. The van der Waals surface area contributed by atoms with Crippen molar-refractivity contribution in [3.8, 4) is 0 Å². The maximum absolute atomic E-state index is 11.1. The molecule has 2 aromatic rings. The summed E-state index contributed by atoms with van der Waals surface area (Å²) in [5, 5.41) is 9.18. The Labute approximate surface area is 179 Å². The number of rotatable bonds is 4. The first-order valence-electron chi connectivity index (χ1n) is 10.5. The van der Waals surface area contributed by atoms with Gasteiger partial charge in [-0.25, -0.2) is 0 Å². The van der Waals surface area contributed by atoms with Crippen molar-refractivity contribution >= 4 is 23.9 Å². The molecule has 3 nitrogen and oxygen atoms in total. The molecule has 0 bridgehead atoms. The summed E-state index contributed by atoms with van der Waals surface area (Å²) in [6.45, 7) is 4.96. The van der Waals surface area contributed by atoms with Crippen LogP contribution in [0.5, 0.6) is 0 Å². The van der Waals surface area contributed by atoms with E-state index in [9.17, 15) is 9.90 Å². The van der Waals surface area contributed by atoms with Crippen LogP contribution in [-0.4, -0.2) is 35.6 Å². The molecular formula is C25H30ClNO2. The number of hydrogen-bond acceptors (Lipinski definition) is 2. The number of halogens is 1. The van der Waals surface area contributed by atoms with E-state index in [1.807, 2.05) is 0 Å². The van der Waals surface area contributed by atoms with Crippen molar-refractivity contribution in [2.75, 3.05) is 19.6 Å². The maximum atomic E-state index is 11.1. The molecule has 1 aliphatic carbocycles. The van der Waals surface area contributed by atoms with Crippen LogP contribution in [0.25, 0.3) is 5.57 Å². The molecule has 0 atom stereocenters. The summed E-state index contributed by atoms with van der Waals surface area (Å²) < 4.78 is 0. The van der Waals surface area contributed by atoms with Crippen LogP contribution in [0.4, 0.5) is 0 Å². The van der Waals surface area contributed by atoms with Crippen LogP contribution in [0.2, 0.25) is 0 Å². The molecule has 29 heavy (non-hydrogen) atoms. The molecule has 1 heterocycles. The third kappa shape index (κ3) is 4.91. The van der Waals surface area contributed by atoms with Gasteiger partial charge in [0.05, 0.1) is 5.92 Å². The van der Waals surface area contributed by atoms with Crippen molar-refractivity contribution in [3.63, 3.8) is 0 Å². The average Bonchev–Trinajstić information content (AvgIpc) is 2.85. The number of fused-ring (bicyclic) bond motifs is 2. The Morgan fingerprint density at radius 3 is 2.48 bits per heavy atom. The van der Waals surface area contributed by atoms with Gasteiger partial charge in [-0.3, -0.25) is 4.79 Å². The quantitative estimate of drug-likeness (QED) is 0.757. The molecule has 1 N–H and O–H groups in total. The fourth-order valence-corrected chi connectivity index (χ4v) is 4.59. The van der Waals surface area contributed by atoms with Gasteiger partial charge in [-0.2, -0.15) is 0 Å². The molecule has 0 radical (unpaired) electrons. The summed E-state index contributed by atoms with van der Waals surface area (Å²) in [5.41, 5.74) is 8.30. The van der Waals surface area contributed by atoms with Crippen LogP contribution in [0, 0.1) is 12.8 Å². The predicted molar refractivity (Wildman–Crippen MR) is 121 cm³/mol. The normalized spacial score (nSPS) is 18.4. The molecule has 2 aromatic carbocycles. The zero-order valence-electron chi connectivity index (χ0n) is 17.1. The van der Waals surface area contributed by atoms with Gasteiger partial charge in [-0.1, -0.05) is 54.1 Å². The molecule has 4 heteroatoms. The fraction of sp³-hybridized carbons (Fsp3) is 0.400. The van der Waals surface area contributed by atoms with E-state index in [-0.39, 0.29) is 18.3 Å². The molecule has 2 aliphatic rings. The van der Waals surface area contributed by atoms with E-state index in [1.165, 1.54) is 33.4 Å². The zero-order valence-corrected chi connectivity index (χ0v) is 17.9. The second-order valence-electron chi connectivity index (χ2n) is 8.18. The molecule has 1 fully saturated rings. The third-order valence-electron chi connectivity index (χ3n) is 6.26. The minimum absolute atomic E-state index is 0. The van der Waals surface area contributed by atoms with Crippen molar-refractivity contribution in [2.24, 2.45) is 5.92 Å².